The lowest BCUT2D eigenvalue weighted by Crippen LogP contribution is -2.13. The minimum Gasteiger partial charge on any atom is -0.296 e. The minimum atomic E-state index is -0.659. The summed E-state index contributed by atoms with van der Waals surface area (Å²) >= 11 is 12.8. The van der Waals surface area contributed by atoms with E-state index in [0.717, 1.165) is 12.1 Å². The van der Waals surface area contributed by atoms with Crippen LogP contribution in [0.2, 0.25) is 10.0 Å². The molecule has 10 heteroatoms. The van der Waals surface area contributed by atoms with Gasteiger partial charge >= 0.3 is 0 Å². The van der Waals surface area contributed by atoms with E-state index >= 15 is 0 Å². The molecule has 0 unspecified atom stereocenters. The number of amides is 1. The van der Waals surface area contributed by atoms with Crippen LogP contribution in [0.15, 0.2) is 12.1 Å². The summed E-state index contributed by atoms with van der Waals surface area (Å²) in [4.78, 5) is 22.1. The molecule has 0 atom stereocenters. The number of carbonyl (C=O) groups is 1. The van der Waals surface area contributed by atoms with Gasteiger partial charge in [-0.15, -0.1) is 10.2 Å². The summed E-state index contributed by atoms with van der Waals surface area (Å²) in [6, 6.07) is 2.13. The first-order valence-electron chi connectivity index (χ1n) is 5.13. The summed E-state index contributed by atoms with van der Waals surface area (Å²) in [5, 5.41) is 21.5. The number of aryl methyl sites for hydroxylation is 1. The van der Waals surface area contributed by atoms with E-state index in [1.54, 1.807) is 6.92 Å². The zero-order valence-corrected chi connectivity index (χ0v) is 12.2. The number of nitrogens with zero attached hydrogens (tertiary/aromatic N) is 3. The Hall–Kier alpha value is -1.77. The smallest absolute Gasteiger partial charge is 0.271 e. The fourth-order valence-electron chi connectivity index (χ4n) is 1.36. The van der Waals surface area contributed by atoms with Gasteiger partial charge in [0, 0.05) is 12.1 Å². The lowest BCUT2D eigenvalue weighted by molar-refractivity contribution is -0.384. The van der Waals surface area contributed by atoms with Crippen molar-refractivity contribution >= 4 is 51.3 Å². The molecule has 1 amide bonds. The Morgan fingerprint density at radius 3 is 2.65 bits per heavy atom. The van der Waals surface area contributed by atoms with E-state index in [-0.39, 0.29) is 26.4 Å². The SMILES string of the molecule is Cc1nnc(NC(=O)c2cc([N+](=O)[O-])cc(Cl)c2Cl)s1. The van der Waals surface area contributed by atoms with E-state index in [1.165, 1.54) is 11.3 Å². The Bertz CT molecular complexity index is 704. The Balaban J connectivity index is 2.36. The van der Waals surface area contributed by atoms with E-state index in [2.05, 4.69) is 15.5 Å². The normalized spacial score (nSPS) is 10.3. The molecular weight excluding hydrogens is 327 g/mol. The van der Waals surface area contributed by atoms with Gasteiger partial charge in [0.25, 0.3) is 11.6 Å². The monoisotopic (exact) mass is 332 g/mol. The van der Waals surface area contributed by atoms with E-state index in [0.29, 0.717) is 5.01 Å². The van der Waals surface area contributed by atoms with Gasteiger partial charge in [-0.1, -0.05) is 34.5 Å². The predicted octanol–water partition coefficient (Wildman–Crippen LogP) is 3.31. The number of nitro benzene ring substituents is 1. The van der Waals surface area contributed by atoms with Crippen LogP contribution >= 0.6 is 34.5 Å². The molecule has 0 radical (unpaired) electrons. The Morgan fingerprint density at radius 2 is 2.10 bits per heavy atom. The Labute approximate surface area is 126 Å². The zero-order valence-electron chi connectivity index (χ0n) is 9.89. The van der Waals surface area contributed by atoms with E-state index in [9.17, 15) is 14.9 Å². The van der Waals surface area contributed by atoms with Crippen molar-refractivity contribution in [3.8, 4) is 0 Å². The molecule has 0 saturated carbocycles. The summed E-state index contributed by atoms with van der Waals surface area (Å²) in [5.41, 5.74) is -0.420. The number of aromatic nitrogens is 2. The molecule has 0 aliphatic carbocycles. The van der Waals surface area contributed by atoms with Crippen molar-refractivity contribution in [3.05, 3.63) is 42.9 Å². The van der Waals surface area contributed by atoms with Crippen molar-refractivity contribution in [3.63, 3.8) is 0 Å². The van der Waals surface area contributed by atoms with Crippen LogP contribution < -0.4 is 5.32 Å². The predicted molar refractivity (Wildman–Crippen MR) is 75.7 cm³/mol. The number of anilines is 1. The molecule has 0 bridgehead atoms. The first-order chi connectivity index (χ1) is 9.38. The molecular formula is C10H6Cl2N4O3S. The molecule has 20 heavy (non-hydrogen) atoms. The fourth-order valence-corrected chi connectivity index (χ4v) is 2.35. The summed E-state index contributed by atoms with van der Waals surface area (Å²) in [6.07, 6.45) is 0. The van der Waals surface area contributed by atoms with Crippen LogP contribution in [0.4, 0.5) is 10.8 Å². The molecule has 0 fully saturated rings. The third-order valence-electron chi connectivity index (χ3n) is 2.21. The first-order valence-corrected chi connectivity index (χ1v) is 6.70. The Morgan fingerprint density at radius 1 is 1.40 bits per heavy atom. The second-order valence-electron chi connectivity index (χ2n) is 3.63. The van der Waals surface area contributed by atoms with Gasteiger partial charge in [-0.2, -0.15) is 0 Å². The van der Waals surface area contributed by atoms with Crippen molar-refractivity contribution in [2.75, 3.05) is 5.32 Å². The summed E-state index contributed by atoms with van der Waals surface area (Å²) < 4.78 is 0. The van der Waals surface area contributed by atoms with Gasteiger partial charge in [0.1, 0.15) is 5.01 Å². The van der Waals surface area contributed by atoms with Gasteiger partial charge in [0.05, 0.1) is 20.5 Å². The highest BCUT2D eigenvalue weighted by molar-refractivity contribution is 7.15. The van der Waals surface area contributed by atoms with Crippen LogP contribution in [0, 0.1) is 17.0 Å². The van der Waals surface area contributed by atoms with E-state index in [1.807, 2.05) is 0 Å². The van der Waals surface area contributed by atoms with Crippen molar-refractivity contribution in [2.45, 2.75) is 6.92 Å². The number of hydrogen-bond acceptors (Lipinski definition) is 6. The summed E-state index contributed by atoms with van der Waals surface area (Å²) in [7, 11) is 0. The van der Waals surface area contributed by atoms with Crippen LogP contribution in [0.5, 0.6) is 0 Å². The molecule has 2 aromatic rings. The molecule has 1 heterocycles. The molecule has 1 aromatic carbocycles. The average molecular weight is 333 g/mol. The van der Waals surface area contributed by atoms with Gasteiger partial charge in [-0.3, -0.25) is 20.2 Å². The van der Waals surface area contributed by atoms with Gasteiger partial charge in [-0.05, 0) is 6.92 Å². The number of hydrogen-bond donors (Lipinski definition) is 1. The molecule has 7 nitrogen and oxygen atoms in total. The first kappa shape index (κ1) is 14.6. The van der Waals surface area contributed by atoms with Crippen molar-refractivity contribution < 1.29 is 9.72 Å². The molecule has 0 aliphatic heterocycles. The average Bonchev–Trinajstić information content (AvgIpc) is 2.77. The number of carbonyl (C=O) groups excluding carboxylic acids is 1. The minimum absolute atomic E-state index is 0.0593. The topological polar surface area (TPSA) is 98.0 Å². The standard InChI is InChI=1S/C10H6Cl2N4O3S/c1-4-14-15-10(20-4)13-9(17)6-2-5(16(18)19)3-7(11)8(6)12/h2-3H,1H3,(H,13,15,17). The second kappa shape index (κ2) is 5.70. The van der Waals surface area contributed by atoms with Gasteiger partial charge in [-0.25, -0.2) is 0 Å². The molecule has 2 rings (SSSR count). The quantitative estimate of drug-likeness (QED) is 0.686. The fraction of sp³-hybridized carbons (Fsp3) is 0.100. The summed E-state index contributed by atoms with van der Waals surface area (Å²) in [6.45, 7) is 1.73. The van der Waals surface area contributed by atoms with Crippen LogP contribution in [-0.2, 0) is 0 Å². The summed E-state index contributed by atoms with van der Waals surface area (Å²) in [5.74, 6) is -0.642. The maximum Gasteiger partial charge on any atom is 0.271 e. The molecule has 1 N–H and O–H groups in total. The number of nitrogens with one attached hydrogen (secondary N) is 1. The van der Waals surface area contributed by atoms with Gasteiger partial charge < -0.3 is 0 Å². The van der Waals surface area contributed by atoms with Crippen LogP contribution in [-0.4, -0.2) is 21.0 Å². The zero-order chi connectivity index (χ0) is 14.9. The number of nitro groups is 1. The second-order valence-corrected chi connectivity index (χ2v) is 5.59. The third kappa shape index (κ3) is 3.03. The van der Waals surface area contributed by atoms with Crippen LogP contribution in [0.1, 0.15) is 15.4 Å². The highest BCUT2D eigenvalue weighted by Crippen LogP contribution is 2.31. The lowest BCUT2D eigenvalue weighted by atomic mass is 10.2. The largest absolute Gasteiger partial charge is 0.296 e. The maximum absolute atomic E-state index is 12.0. The lowest BCUT2D eigenvalue weighted by Gasteiger charge is -2.05. The van der Waals surface area contributed by atoms with Crippen LogP contribution in [0.3, 0.4) is 0 Å². The van der Waals surface area contributed by atoms with Crippen molar-refractivity contribution in [1.29, 1.82) is 0 Å². The molecule has 0 spiro atoms. The number of benzene rings is 1. The highest BCUT2D eigenvalue weighted by atomic mass is 35.5. The van der Waals surface area contributed by atoms with Gasteiger partial charge in [0.2, 0.25) is 5.13 Å². The van der Waals surface area contributed by atoms with Crippen molar-refractivity contribution in [2.24, 2.45) is 0 Å². The number of halogens is 2. The van der Waals surface area contributed by atoms with Crippen molar-refractivity contribution in [1.82, 2.24) is 10.2 Å². The molecule has 0 aliphatic rings. The highest BCUT2D eigenvalue weighted by Gasteiger charge is 2.20. The molecule has 0 saturated heterocycles. The van der Waals surface area contributed by atoms with E-state index in [4.69, 9.17) is 23.2 Å². The molecule has 104 valence electrons. The Kier molecular flexibility index (Phi) is 4.17. The number of rotatable bonds is 3. The van der Waals surface area contributed by atoms with E-state index < -0.39 is 10.8 Å². The van der Waals surface area contributed by atoms with Gasteiger partial charge in [0.15, 0.2) is 0 Å². The van der Waals surface area contributed by atoms with Crippen LogP contribution in [0.25, 0.3) is 0 Å². The maximum atomic E-state index is 12.0. The third-order valence-corrected chi connectivity index (χ3v) is 3.77. The number of non-ortho nitro benzene ring substituents is 1. The molecule has 1 aromatic heterocycles.